The molecule has 0 radical (unpaired) electrons. The topological polar surface area (TPSA) is 55.3 Å². The van der Waals surface area contributed by atoms with E-state index in [2.05, 4.69) is 9.97 Å². The highest BCUT2D eigenvalue weighted by atomic mass is 16.5. The maximum atomic E-state index is 12.3. The Bertz CT molecular complexity index is 641. The third-order valence-electron chi connectivity index (χ3n) is 3.37. The Labute approximate surface area is 124 Å². The van der Waals surface area contributed by atoms with E-state index in [-0.39, 0.29) is 5.91 Å². The zero-order valence-corrected chi connectivity index (χ0v) is 12.8. The minimum absolute atomic E-state index is 0.128. The quantitative estimate of drug-likeness (QED) is 0.865. The van der Waals surface area contributed by atoms with Crippen LogP contribution in [0.25, 0.3) is 0 Å². The molecule has 0 unspecified atom stereocenters. The van der Waals surface area contributed by atoms with Crippen LogP contribution in [0.5, 0.6) is 5.75 Å². The second-order valence-corrected chi connectivity index (χ2v) is 4.92. The summed E-state index contributed by atoms with van der Waals surface area (Å²) in [5.41, 5.74) is 3.19. The van der Waals surface area contributed by atoms with Crippen LogP contribution in [-0.2, 0) is 6.54 Å². The Hall–Kier alpha value is -2.43. The van der Waals surface area contributed by atoms with Crippen LogP contribution in [0.1, 0.15) is 27.3 Å². The Morgan fingerprint density at radius 2 is 2.05 bits per heavy atom. The van der Waals surface area contributed by atoms with Crippen molar-refractivity contribution in [1.29, 1.82) is 0 Å². The van der Waals surface area contributed by atoms with Crippen LogP contribution < -0.4 is 4.74 Å². The largest absolute Gasteiger partial charge is 0.496 e. The Balaban J connectivity index is 2.20. The van der Waals surface area contributed by atoms with Crippen molar-refractivity contribution in [2.45, 2.75) is 20.4 Å². The number of carbonyl (C=O) groups excluding carboxylic acids is 1. The summed E-state index contributed by atoms with van der Waals surface area (Å²) in [6.45, 7) is 4.32. The fourth-order valence-corrected chi connectivity index (χ4v) is 2.21. The van der Waals surface area contributed by atoms with Crippen molar-refractivity contribution in [3.8, 4) is 5.75 Å². The Kier molecular flexibility index (Phi) is 4.52. The molecule has 0 spiro atoms. The van der Waals surface area contributed by atoms with Crippen LogP contribution in [-0.4, -0.2) is 34.9 Å². The molecular formula is C16H19N3O2. The molecule has 0 aliphatic rings. The third-order valence-corrected chi connectivity index (χ3v) is 3.37. The summed E-state index contributed by atoms with van der Waals surface area (Å²) in [7, 11) is 3.38. The van der Waals surface area contributed by atoms with E-state index in [1.807, 2.05) is 13.8 Å². The first kappa shape index (κ1) is 15.0. The van der Waals surface area contributed by atoms with E-state index in [9.17, 15) is 4.79 Å². The minimum atomic E-state index is -0.128. The van der Waals surface area contributed by atoms with Crippen LogP contribution in [0.3, 0.4) is 0 Å². The molecule has 1 amide bonds. The van der Waals surface area contributed by atoms with Gasteiger partial charge in [0.25, 0.3) is 5.91 Å². The number of methoxy groups -OCH3 is 1. The molecule has 0 N–H and O–H groups in total. The number of rotatable bonds is 4. The van der Waals surface area contributed by atoms with E-state index in [1.54, 1.807) is 49.7 Å². The first-order chi connectivity index (χ1) is 10.0. The van der Waals surface area contributed by atoms with Crippen LogP contribution in [0, 0.1) is 13.8 Å². The van der Waals surface area contributed by atoms with Gasteiger partial charge >= 0.3 is 0 Å². The van der Waals surface area contributed by atoms with Crippen molar-refractivity contribution in [3.05, 3.63) is 53.1 Å². The van der Waals surface area contributed by atoms with Gasteiger partial charge in [-0.25, -0.2) is 0 Å². The van der Waals surface area contributed by atoms with Crippen LogP contribution in [0.15, 0.2) is 30.6 Å². The molecule has 110 valence electrons. The van der Waals surface area contributed by atoms with Crippen molar-refractivity contribution in [3.63, 3.8) is 0 Å². The van der Waals surface area contributed by atoms with E-state index in [0.717, 1.165) is 22.6 Å². The van der Waals surface area contributed by atoms with Gasteiger partial charge in [0.2, 0.25) is 0 Å². The SMILES string of the molecule is COc1c(C)cnc(CN(C)C(=O)c2ccccn2)c1C. The molecule has 0 fully saturated rings. The van der Waals surface area contributed by atoms with Crippen molar-refractivity contribution in [1.82, 2.24) is 14.9 Å². The van der Waals surface area contributed by atoms with Crippen molar-refractivity contribution >= 4 is 5.91 Å². The molecule has 0 bridgehead atoms. The summed E-state index contributed by atoms with van der Waals surface area (Å²) in [6.07, 6.45) is 3.37. The van der Waals surface area contributed by atoms with Gasteiger partial charge in [-0.15, -0.1) is 0 Å². The highest BCUT2D eigenvalue weighted by molar-refractivity contribution is 5.91. The smallest absolute Gasteiger partial charge is 0.272 e. The van der Waals surface area contributed by atoms with Gasteiger partial charge < -0.3 is 9.64 Å². The number of nitrogens with zero attached hydrogens (tertiary/aromatic N) is 3. The average molecular weight is 285 g/mol. The Morgan fingerprint density at radius 1 is 1.29 bits per heavy atom. The highest BCUT2D eigenvalue weighted by Crippen LogP contribution is 2.24. The maximum Gasteiger partial charge on any atom is 0.272 e. The molecule has 2 rings (SSSR count). The fraction of sp³-hybridized carbons (Fsp3) is 0.312. The molecule has 21 heavy (non-hydrogen) atoms. The van der Waals surface area contributed by atoms with Crippen LogP contribution in [0.2, 0.25) is 0 Å². The highest BCUT2D eigenvalue weighted by Gasteiger charge is 2.16. The molecule has 0 atom stereocenters. The lowest BCUT2D eigenvalue weighted by atomic mass is 10.1. The summed E-state index contributed by atoms with van der Waals surface area (Å²) < 4.78 is 5.39. The zero-order valence-electron chi connectivity index (χ0n) is 12.8. The number of aromatic nitrogens is 2. The zero-order chi connectivity index (χ0) is 15.4. The number of amides is 1. The minimum Gasteiger partial charge on any atom is -0.496 e. The molecule has 2 aromatic rings. The lowest BCUT2D eigenvalue weighted by molar-refractivity contribution is 0.0777. The average Bonchev–Trinajstić information content (AvgIpc) is 2.50. The second kappa shape index (κ2) is 6.35. The predicted octanol–water partition coefficient (Wildman–Crippen LogP) is 2.37. The molecule has 2 aromatic heterocycles. The third kappa shape index (κ3) is 3.18. The van der Waals surface area contributed by atoms with E-state index < -0.39 is 0 Å². The lowest BCUT2D eigenvalue weighted by Gasteiger charge is -2.19. The number of hydrogen-bond donors (Lipinski definition) is 0. The van der Waals surface area contributed by atoms with Crippen molar-refractivity contribution < 1.29 is 9.53 Å². The van der Waals surface area contributed by atoms with E-state index in [1.165, 1.54) is 0 Å². The van der Waals surface area contributed by atoms with Crippen LogP contribution in [0.4, 0.5) is 0 Å². The van der Waals surface area contributed by atoms with Crippen LogP contribution >= 0.6 is 0 Å². The summed E-state index contributed by atoms with van der Waals surface area (Å²) >= 11 is 0. The van der Waals surface area contributed by atoms with Crippen molar-refractivity contribution in [2.75, 3.05) is 14.2 Å². The molecule has 0 saturated carbocycles. The lowest BCUT2D eigenvalue weighted by Crippen LogP contribution is -2.27. The van der Waals surface area contributed by atoms with Gasteiger partial charge in [-0.3, -0.25) is 14.8 Å². The summed E-state index contributed by atoms with van der Waals surface area (Å²) in [5, 5.41) is 0. The van der Waals surface area contributed by atoms with E-state index in [4.69, 9.17) is 4.74 Å². The van der Waals surface area contributed by atoms with E-state index >= 15 is 0 Å². The number of carbonyl (C=O) groups is 1. The second-order valence-electron chi connectivity index (χ2n) is 4.92. The van der Waals surface area contributed by atoms with Gasteiger partial charge in [0, 0.05) is 30.6 Å². The molecule has 0 aliphatic heterocycles. The monoisotopic (exact) mass is 285 g/mol. The summed E-state index contributed by atoms with van der Waals surface area (Å²) in [5.74, 6) is 0.690. The first-order valence-electron chi connectivity index (χ1n) is 6.70. The predicted molar refractivity (Wildman–Crippen MR) is 80.3 cm³/mol. The molecule has 0 aromatic carbocycles. The Morgan fingerprint density at radius 3 is 2.67 bits per heavy atom. The standard InChI is InChI=1S/C16H19N3O2/c1-11-9-18-14(12(2)15(11)21-4)10-19(3)16(20)13-7-5-6-8-17-13/h5-9H,10H2,1-4H3. The molecular weight excluding hydrogens is 266 g/mol. The molecule has 2 heterocycles. The number of hydrogen-bond acceptors (Lipinski definition) is 4. The molecule has 5 nitrogen and oxygen atoms in total. The molecule has 5 heteroatoms. The van der Waals surface area contributed by atoms with Gasteiger partial charge in [-0.05, 0) is 26.0 Å². The summed E-state index contributed by atoms with van der Waals surface area (Å²) in [4.78, 5) is 22.4. The summed E-state index contributed by atoms with van der Waals surface area (Å²) in [6, 6.07) is 5.29. The van der Waals surface area contributed by atoms with Gasteiger partial charge in [0.15, 0.2) is 0 Å². The van der Waals surface area contributed by atoms with Gasteiger partial charge in [-0.2, -0.15) is 0 Å². The fourth-order valence-electron chi connectivity index (χ4n) is 2.21. The number of aryl methyl sites for hydroxylation is 1. The number of ether oxygens (including phenoxy) is 1. The normalized spacial score (nSPS) is 10.3. The van der Waals surface area contributed by atoms with Gasteiger partial charge in [-0.1, -0.05) is 6.07 Å². The molecule has 0 aliphatic carbocycles. The van der Waals surface area contributed by atoms with Gasteiger partial charge in [0.05, 0.1) is 19.3 Å². The molecule has 0 saturated heterocycles. The number of pyridine rings is 2. The van der Waals surface area contributed by atoms with Gasteiger partial charge in [0.1, 0.15) is 11.4 Å². The van der Waals surface area contributed by atoms with E-state index in [0.29, 0.717) is 12.2 Å². The van der Waals surface area contributed by atoms with Crippen molar-refractivity contribution in [2.24, 2.45) is 0 Å². The first-order valence-corrected chi connectivity index (χ1v) is 6.70. The maximum absolute atomic E-state index is 12.3.